The van der Waals surface area contributed by atoms with Crippen LogP contribution < -0.4 is 27.0 Å². The zero-order chi connectivity index (χ0) is 41.6. The lowest BCUT2D eigenvalue weighted by Crippen LogP contribution is -2.58. The number of Topliss-reactive ketones (excluding diaryl/α,β-unsaturated/α-hetero) is 1. The smallest absolute Gasteiger partial charge is 0.290 e. The van der Waals surface area contributed by atoms with E-state index in [2.05, 4.69) is 21.3 Å². The van der Waals surface area contributed by atoms with Crippen LogP contribution in [0.5, 0.6) is 0 Å². The quantitative estimate of drug-likeness (QED) is 0.118. The number of nitrogens with zero attached hydrogens (tertiary/aromatic N) is 1. The Morgan fingerprint density at radius 1 is 0.793 bits per heavy atom. The van der Waals surface area contributed by atoms with Gasteiger partial charge < -0.3 is 36.6 Å². The van der Waals surface area contributed by atoms with E-state index in [-0.39, 0.29) is 55.6 Å². The third-order valence-corrected chi connectivity index (χ3v) is 11.6. The van der Waals surface area contributed by atoms with Crippen molar-refractivity contribution in [1.29, 1.82) is 0 Å². The molecule has 2 aromatic carbocycles. The van der Waals surface area contributed by atoms with Crippen molar-refractivity contribution in [2.24, 2.45) is 17.6 Å². The zero-order valence-electron chi connectivity index (χ0n) is 33.8. The molecular formula is C44H60N6O8. The predicted octanol–water partition coefficient (Wildman–Crippen LogP) is 3.17. The maximum Gasteiger partial charge on any atom is 0.290 e. The lowest BCUT2D eigenvalue weighted by molar-refractivity contribution is -0.144. The first-order valence-corrected chi connectivity index (χ1v) is 21.0. The highest BCUT2D eigenvalue weighted by Crippen LogP contribution is 2.47. The van der Waals surface area contributed by atoms with Crippen molar-refractivity contribution in [2.75, 3.05) is 13.1 Å². The van der Waals surface area contributed by atoms with E-state index in [4.69, 9.17) is 10.5 Å². The molecule has 0 bridgehead atoms. The topological polar surface area (TPSA) is 206 Å². The SMILES string of the molecule is CCCCC(NC(=O)CNC(=O)C(=O)C(CCC)NC(=O)[C@@H]1C[C@@H](OCc2ccccc2)CN1C(=O)C(NC(=O)C1CC1c1ccccc1)C1CCCCC1)C(N)=O. The van der Waals surface area contributed by atoms with Crippen LogP contribution in [0.15, 0.2) is 60.7 Å². The molecule has 3 fully saturated rings. The first-order valence-electron chi connectivity index (χ1n) is 21.0. The van der Waals surface area contributed by atoms with E-state index in [1.165, 1.54) is 4.90 Å². The summed E-state index contributed by atoms with van der Waals surface area (Å²) in [5, 5.41) is 10.7. The second-order valence-corrected chi connectivity index (χ2v) is 16.0. The van der Waals surface area contributed by atoms with Crippen molar-refractivity contribution >= 4 is 41.2 Å². The van der Waals surface area contributed by atoms with Crippen LogP contribution in [0, 0.1) is 11.8 Å². The molecule has 1 saturated heterocycles. The monoisotopic (exact) mass is 800 g/mol. The number of primary amides is 1. The summed E-state index contributed by atoms with van der Waals surface area (Å²) in [6.45, 7) is 3.53. The Morgan fingerprint density at radius 2 is 1.48 bits per heavy atom. The summed E-state index contributed by atoms with van der Waals surface area (Å²) in [6, 6.07) is 15.4. The van der Waals surface area contributed by atoms with Crippen molar-refractivity contribution in [3.05, 3.63) is 71.8 Å². The molecule has 7 atom stereocenters. The molecule has 314 valence electrons. The molecular weight excluding hydrogens is 741 g/mol. The summed E-state index contributed by atoms with van der Waals surface area (Å²) in [6.07, 6.45) is 7.14. The normalized spacial score (nSPS) is 21.9. The van der Waals surface area contributed by atoms with E-state index in [1.54, 1.807) is 6.92 Å². The van der Waals surface area contributed by atoms with Crippen LogP contribution in [0.1, 0.15) is 108 Å². The molecule has 0 radical (unpaired) electrons. The largest absolute Gasteiger partial charge is 0.372 e. The van der Waals surface area contributed by atoms with E-state index < -0.39 is 66.2 Å². The first-order chi connectivity index (χ1) is 28.0. The van der Waals surface area contributed by atoms with Crippen LogP contribution in [0.4, 0.5) is 0 Å². The van der Waals surface area contributed by atoms with Gasteiger partial charge in [0, 0.05) is 18.9 Å². The maximum absolute atomic E-state index is 14.8. The summed E-state index contributed by atoms with van der Waals surface area (Å²) in [4.78, 5) is 95.1. The fourth-order valence-electron chi connectivity index (χ4n) is 8.21. The Labute approximate surface area is 341 Å². The standard InChI is InChI=1S/C44H60N6O8/c1-3-5-22-35(40(45)53)47-37(51)25-46-43(56)39(52)34(15-4-2)48-42(55)36-23-31(58-27-28-16-9-6-10-17-28)26-50(36)44(57)38(30-20-13-8-14-21-30)49-41(54)33-24-32(33)29-18-11-7-12-19-29/h6-7,9-12,16-19,30-36,38H,3-5,8,13-15,20-27H2,1-2H3,(H2,45,53)(H,46,56)(H,47,51)(H,48,55)(H,49,54)/t31-,32?,33?,34?,35?,36+,38?/m1/s1. The molecule has 2 saturated carbocycles. The number of likely N-dealkylation sites (tertiary alicyclic amines) is 1. The van der Waals surface area contributed by atoms with Gasteiger partial charge in [-0.05, 0) is 55.1 Å². The van der Waals surface area contributed by atoms with Crippen LogP contribution in [0.2, 0.25) is 0 Å². The van der Waals surface area contributed by atoms with Gasteiger partial charge in [-0.1, -0.05) is 113 Å². The lowest BCUT2D eigenvalue weighted by atomic mass is 9.83. The molecule has 0 aromatic heterocycles. The van der Waals surface area contributed by atoms with Gasteiger partial charge >= 0.3 is 0 Å². The minimum atomic E-state index is -1.23. The number of amides is 6. The van der Waals surface area contributed by atoms with Crippen molar-refractivity contribution in [1.82, 2.24) is 26.2 Å². The number of nitrogens with one attached hydrogen (secondary N) is 4. The molecule has 14 nitrogen and oxygen atoms in total. The number of hydrogen-bond acceptors (Lipinski definition) is 8. The van der Waals surface area contributed by atoms with Gasteiger partial charge in [0.25, 0.3) is 5.91 Å². The van der Waals surface area contributed by atoms with Crippen molar-refractivity contribution in [2.45, 2.75) is 134 Å². The Bertz CT molecular complexity index is 1740. The number of hydrogen-bond donors (Lipinski definition) is 5. The number of rotatable bonds is 21. The third kappa shape index (κ3) is 12.2. The Hall–Kier alpha value is -5.11. The summed E-state index contributed by atoms with van der Waals surface area (Å²) < 4.78 is 6.26. The summed E-state index contributed by atoms with van der Waals surface area (Å²) in [7, 11) is 0. The van der Waals surface area contributed by atoms with E-state index in [0.29, 0.717) is 25.7 Å². The second kappa shape index (κ2) is 21.6. The Balaban J connectivity index is 1.29. The second-order valence-electron chi connectivity index (χ2n) is 16.0. The minimum absolute atomic E-state index is 0.0851. The predicted molar refractivity (Wildman–Crippen MR) is 216 cm³/mol. The minimum Gasteiger partial charge on any atom is -0.372 e. The van der Waals surface area contributed by atoms with Gasteiger partial charge in [-0.3, -0.25) is 33.6 Å². The highest BCUT2D eigenvalue weighted by atomic mass is 16.5. The highest BCUT2D eigenvalue weighted by Gasteiger charge is 2.48. The number of carbonyl (C=O) groups excluding carboxylic acids is 7. The van der Waals surface area contributed by atoms with Crippen LogP contribution >= 0.6 is 0 Å². The molecule has 2 aromatic rings. The van der Waals surface area contributed by atoms with E-state index in [9.17, 15) is 33.6 Å². The summed E-state index contributed by atoms with van der Waals surface area (Å²) in [5.74, 6) is -4.82. The van der Waals surface area contributed by atoms with Gasteiger partial charge in [-0.15, -0.1) is 0 Å². The fraction of sp³-hybridized carbons (Fsp3) is 0.568. The van der Waals surface area contributed by atoms with Crippen LogP contribution in [-0.2, 0) is 44.9 Å². The molecule has 58 heavy (non-hydrogen) atoms. The maximum atomic E-state index is 14.8. The molecule has 6 N–H and O–H groups in total. The van der Waals surface area contributed by atoms with Gasteiger partial charge in [0.1, 0.15) is 18.1 Å². The first kappa shape index (κ1) is 44.0. The molecule has 5 rings (SSSR count). The summed E-state index contributed by atoms with van der Waals surface area (Å²) >= 11 is 0. The number of carbonyl (C=O) groups is 7. The van der Waals surface area contributed by atoms with Crippen LogP contribution in [0.3, 0.4) is 0 Å². The average Bonchev–Trinajstić information content (AvgIpc) is 3.94. The molecule has 1 aliphatic heterocycles. The van der Waals surface area contributed by atoms with Gasteiger partial charge in [0.2, 0.25) is 35.3 Å². The molecule has 6 amide bonds. The number of unbranched alkanes of at least 4 members (excludes halogenated alkanes) is 1. The number of ether oxygens (including phenoxy) is 1. The highest BCUT2D eigenvalue weighted by molar-refractivity contribution is 6.38. The van der Waals surface area contributed by atoms with Gasteiger partial charge in [0.05, 0.1) is 25.3 Å². The van der Waals surface area contributed by atoms with Crippen LogP contribution in [0.25, 0.3) is 0 Å². The number of nitrogens with two attached hydrogens (primary N) is 1. The van der Waals surface area contributed by atoms with Crippen molar-refractivity contribution < 1.29 is 38.3 Å². The summed E-state index contributed by atoms with van der Waals surface area (Å²) in [5.41, 5.74) is 7.43. The van der Waals surface area contributed by atoms with E-state index >= 15 is 0 Å². The molecule has 2 aliphatic carbocycles. The van der Waals surface area contributed by atoms with E-state index in [1.807, 2.05) is 67.6 Å². The van der Waals surface area contributed by atoms with Gasteiger partial charge in [0.15, 0.2) is 0 Å². The molecule has 0 spiro atoms. The van der Waals surface area contributed by atoms with Crippen molar-refractivity contribution in [3.63, 3.8) is 0 Å². The number of benzene rings is 2. The average molecular weight is 801 g/mol. The van der Waals surface area contributed by atoms with Crippen molar-refractivity contribution in [3.8, 4) is 0 Å². The molecule has 3 aliphatic rings. The van der Waals surface area contributed by atoms with Gasteiger partial charge in [-0.2, -0.15) is 0 Å². The molecule has 1 heterocycles. The Kier molecular flexibility index (Phi) is 16.4. The number of ketones is 1. The lowest BCUT2D eigenvalue weighted by Gasteiger charge is -2.35. The van der Waals surface area contributed by atoms with Crippen LogP contribution in [-0.4, -0.2) is 89.5 Å². The zero-order valence-corrected chi connectivity index (χ0v) is 33.8. The third-order valence-electron chi connectivity index (χ3n) is 11.6. The fourth-order valence-corrected chi connectivity index (χ4v) is 8.21. The van der Waals surface area contributed by atoms with E-state index in [0.717, 1.165) is 49.7 Å². The Morgan fingerprint density at radius 3 is 2.14 bits per heavy atom. The molecule has 14 heteroatoms. The van der Waals surface area contributed by atoms with Gasteiger partial charge in [-0.25, -0.2) is 0 Å². The molecule has 5 unspecified atom stereocenters.